The Kier molecular flexibility index (Phi) is 4.49. The van der Waals surface area contributed by atoms with E-state index in [2.05, 4.69) is 35.4 Å². The van der Waals surface area contributed by atoms with Crippen LogP contribution in [0, 0.1) is 17.2 Å². The monoisotopic (exact) mass is 270 g/mol. The van der Waals surface area contributed by atoms with Gasteiger partial charge in [-0.1, -0.05) is 32.0 Å². The molecule has 0 spiro atoms. The molecule has 0 aliphatic carbocycles. The Bertz CT molecular complexity index is 633. The first-order chi connectivity index (χ1) is 9.67. The molecule has 20 heavy (non-hydrogen) atoms. The van der Waals surface area contributed by atoms with Gasteiger partial charge in [-0.05, 0) is 18.4 Å². The van der Waals surface area contributed by atoms with Gasteiger partial charge in [0.15, 0.2) is 5.69 Å². The number of hydrogen-bond acceptors (Lipinski definition) is 5. The minimum Gasteiger partial charge on any atom is -0.396 e. The van der Waals surface area contributed by atoms with Crippen LogP contribution in [0.2, 0.25) is 0 Å². The Morgan fingerprint density at radius 1 is 1.30 bits per heavy atom. The highest BCUT2D eigenvalue weighted by Gasteiger charge is 2.17. The van der Waals surface area contributed by atoms with Gasteiger partial charge in [0.25, 0.3) is 0 Å². The SMILES string of the molecule is CC(C)C(CCO)Nc1c(C#N)nnc2ccccc12. The number of aromatic nitrogens is 2. The fourth-order valence-corrected chi connectivity index (χ4v) is 2.17. The summed E-state index contributed by atoms with van der Waals surface area (Å²) in [6.45, 7) is 4.26. The van der Waals surface area contributed by atoms with Gasteiger partial charge in [-0.3, -0.25) is 0 Å². The van der Waals surface area contributed by atoms with Gasteiger partial charge < -0.3 is 10.4 Å². The standard InChI is InChI=1S/C15H18N4O/c1-10(2)12(7-8-20)17-15-11-5-3-4-6-13(11)18-19-14(15)9-16/h3-6,10,12,20H,7-8H2,1-2H3,(H,17,18). The molecule has 1 unspecified atom stereocenters. The van der Waals surface area contributed by atoms with Crippen LogP contribution in [0.25, 0.3) is 10.9 Å². The Hall–Kier alpha value is -2.19. The molecule has 0 saturated heterocycles. The van der Waals surface area contributed by atoms with Gasteiger partial charge in [0.1, 0.15) is 6.07 Å². The van der Waals surface area contributed by atoms with E-state index in [1.807, 2.05) is 24.3 Å². The smallest absolute Gasteiger partial charge is 0.186 e. The maximum Gasteiger partial charge on any atom is 0.186 e. The lowest BCUT2D eigenvalue weighted by Gasteiger charge is -2.23. The second-order valence-electron chi connectivity index (χ2n) is 5.06. The second kappa shape index (κ2) is 6.31. The maximum atomic E-state index is 9.22. The molecule has 1 heterocycles. The number of nitrogens with zero attached hydrogens (tertiary/aromatic N) is 3. The average Bonchev–Trinajstić information content (AvgIpc) is 2.46. The molecule has 1 aromatic carbocycles. The Labute approximate surface area is 118 Å². The number of fused-ring (bicyclic) bond motifs is 1. The van der Waals surface area contributed by atoms with E-state index in [1.165, 1.54) is 0 Å². The Morgan fingerprint density at radius 2 is 2.05 bits per heavy atom. The van der Waals surface area contributed by atoms with E-state index in [-0.39, 0.29) is 18.3 Å². The molecule has 0 aliphatic heterocycles. The van der Waals surface area contributed by atoms with Crippen LogP contribution in [-0.2, 0) is 0 Å². The number of rotatable bonds is 5. The summed E-state index contributed by atoms with van der Waals surface area (Å²) in [5.41, 5.74) is 1.73. The largest absolute Gasteiger partial charge is 0.396 e. The number of anilines is 1. The van der Waals surface area contributed by atoms with Gasteiger partial charge in [0, 0.05) is 18.0 Å². The van der Waals surface area contributed by atoms with Crippen molar-refractivity contribution in [3.8, 4) is 6.07 Å². The van der Waals surface area contributed by atoms with Crippen molar-refractivity contribution in [1.82, 2.24) is 10.2 Å². The van der Waals surface area contributed by atoms with Gasteiger partial charge in [-0.15, -0.1) is 10.2 Å². The summed E-state index contributed by atoms with van der Waals surface area (Å²) in [7, 11) is 0. The van der Waals surface area contributed by atoms with E-state index in [0.29, 0.717) is 18.0 Å². The summed E-state index contributed by atoms with van der Waals surface area (Å²) in [6.07, 6.45) is 0.624. The van der Waals surface area contributed by atoms with Crippen LogP contribution in [0.1, 0.15) is 26.0 Å². The van der Waals surface area contributed by atoms with Crippen molar-refractivity contribution in [2.45, 2.75) is 26.3 Å². The summed E-state index contributed by atoms with van der Waals surface area (Å²) >= 11 is 0. The number of aliphatic hydroxyl groups excluding tert-OH is 1. The molecule has 104 valence electrons. The molecule has 5 nitrogen and oxygen atoms in total. The van der Waals surface area contributed by atoms with Crippen molar-refractivity contribution in [1.29, 1.82) is 5.26 Å². The lowest BCUT2D eigenvalue weighted by Crippen LogP contribution is -2.27. The summed E-state index contributed by atoms with van der Waals surface area (Å²) in [5, 5.41) is 30.6. The van der Waals surface area contributed by atoms with Crippen LogP contribution in [0.4, 0.5) is 5.69 Å². The molecule has 5 heteroatoms. The van der Waals surface area contributed by atoms with Gasteiger partial charge in [-0.25, -0.2) is 0 Å². The lowest BCUT2D eigenvalue weighted by molar-refractivity contribution is 0.267. The highest BCUT2D eigenvalue weighted by molar-refractivity contribution is 5.92. The van der Waals surface area contributed by atoms with Crippen molar-refractivity contribution in [3.05, 3.63) is 30.0 Å². The molecular formula is C15H18N4O. The van der Waals surface area contributed by atoms with Crippen molar-refractivity contribution < 1.29 is 5.11 Å². The molecule has 0 fully saturated rings. The van der Waals surface area contributed by atoms with E-state index in [1.54, 1.807) is 0 Å². The number of aliphatic hydroxyl groups is 1. The third-order valence-electron chi connectivity index (χ3n) is 3.35. The zero-order valence-electron chi connectivity index (χ0n) is 11.7. The Morgan fingerprint density at radius 3 is 2.70 bits per heavy atom. The van der Waals surface area contributed by atoms with Crippen molar-refractivity contribution in [2.24, 2.45) is 5.92 Å². The predicted octanol–water partition coefficient (Wildman–Crippen LogP) is 2.32. The molecule has 0 aliphatic rings. The number of nitriles is 1. The summed E-state index contributed by atoms with van der Waals surface area (Å²) in [6, 6.07) is 9.74. The maximum absolute atomic E-state index is 9.22. The molecule has 1 atom stereocenters. The topological polar surface area (TPSA) is 81.8 Å². The van der Waals surface area contributed by atoms with E-state index >= 15 is 0 Å². The molecule has 2 rings (SSSR count). The van der Waals surface area contributed by atoms with Crippen LogP contribution in [0.3, 0.4) is 0 Å². The summed E-state index contributed by atoms with van der Waals surface area (Å²) < 4.78 is 0. The Balaban J connectivity index is 2.48. The first-order valence-electron chi connectivity index (χ1n) is 6.70. The van der Waals surface area contributed by atoms with Gasteiger partial charge in [-0.2, -0.15) is 5.26 Å². The molecule has 0 radical (unpaired) electrons. The molecule has 2 aromatic rings. The minimum absolute atomic E-state index is 0.0831. The zero-order valence-corrected chi connectivity index (χ0v) is 11.7. The normalized spacial score (nSPS) is 12.3. The molecule has 1 aromatic heterocycles. The third-order valence-corrected chi connectivity index (χ3v) is 3.35. The first kappa shape index (κ1) is 14.2. The molecular weight excluding hydrogens is 252 g/mol. The highest BCUT2D eigenvalue weighted by atomic mass is 16.3. The second-order valence-corrected chi connectivity index (χ2v) is 5.06. The quantitative estimate of drug-likeness (QED) is 0.871. The third kappa shape index (κ3) is 2.86. The van der Waals surface area contributed by atoms with Crippen molar-refractivity contribution in [2.75, 3.05) is 11.9 Å². The fourth-order valence-electron chi connectivity index (χ4n) is 2.17. The zero-order chi connectivity index (χ0) is 14.5. The summed E-state index contributed by atoms with van der Waals surface area (Å²) in [4.78, 5) is 0. The van der Waals surface area contributed by atoms with Gasteiger partial charge >= 0.3 is 0 Å². The van der Waals surface area contributed by atoms with E-state index in [0.717, 1.165) is 10.9 Å². The molecule has 0 bridgehead atoms. The number of nitrogens with one attached hydrogen (secondary N) is 1. The summed E-state index contributed by atoms with van der Waals surface area (Å²) in [5.74, 6) is 0.334. The molecule has 0 saturated carbocycles. The fraction of sp³-hybridized carbons (Fsp3) is 0.400. The van der Waals surface area contributed by atoms with Crippen LogP contribution >= 0.6 is 0 Å². The van der Waals surface area contributed by atoms with E-state index in [9.17, 15) is 10.4 Å². The first-order valence-corrected chi connectivity index (χ1v) is 6.70. The average molecular weight is 270 g/mol. The molecule has 2 N–H and O–H groups in total. The minimum atomic E-state index is 0.0831. The van der Waals surface area contributed by atoms with Crippen molar-refractivity contribution >= 4 is 16.6 Å². The van der Waals surface area contributed by atoms with E-state index in [4.69, 9.17) is 0 Å². The molecule has 0 amide bonds. The van der Waals surface area contributed by atoms with Crippen LogP contribution in [0.5, 0.6) is 0 Å². The van der Waals surface area contributed by atoms with Crippen LogP contribution in [-0.4, -0.2) is 28.0 Å². The number of hydrogen-bond donors (Lipinski definition) is 2. The van der Waals surface area contributed by atoms with Crippen LogP contribution in [0.15, 0.2) is 24.3 Å². The lowest BCUT2D eigenvalue weighted by atomic mass is 10.00. The number of benzene rings is 1. The van der Waals surface area contributed by atoms with Crippen molar-refractivity contribution in [3.63, 3.8) is 0 Å². The van der Waals surface area contributed by atoms with Crippen LogP contribution < -0.4 is 5.32 Å². The van der Waals surface area contributed by atoms with E-state index < -0.39 is 0 Å². The van der Waals surface area contributed by atoms with Gasteiger partial charge in [0.2, 0.25) is 0 Å². The van der Waals surface area contributed by atoms with Gasteiger partial charge in [0.05, 0.1) is 11.2 Å². The highest BCUT2D eigenvalue weighted by Crippen LogP contribution is 2.26. The predicted molar refractivity (Wildman–Crippen MR) is 78.2 cm³/mol.